The lowest BCUT2D eigenvalue weighted by Gasteiger charge is -2.19. The van der Waals surface area contributed by atoms with Crippen molar-refractivity contribution in [3.63, 3.8) is 0 Å². The maximum atomic E-state index is 14.1. The number of hydrogen-bond donors (Lipinski definition) is 0. The van der Waals surface area contributed by atoms with Crippen molar-refractivity contribution in [2.24, 2.45) is 0 Å². The van der Waals surface area contributed by atoms with Crippen LogP contribution in [0.15, 0.2) is 24.3 Å². The zero-order valence-corrected chi connectivity index (χ0v) is 17.5. The van der Waals surface area contributed by atoms with Gasteiger partial charge in [0.15, 0.2) is 29.6 Å². The topological polar surface area (TPSA) is 46.6 Å². The van der Waals surface area contributed by atoms with Gasteiger partial charge in [-0.1, -0.05) is 39.0 Å². The predicted octanol–water partition coefficient (Wildman–Crippen LogP) is 6.07. The Balaban J connectivity index is 2.07. The fraction of sp³-hybridized carbons (Fsp3) is 0.391. The molecule has 0 spiro atoms. The van der Waals surface area contributed by atoms with Gasteiger partial charge in [0.05, 0.1) is 17.7 Å². The Morgan fingerprint density at radius 2 is 1.48 bits per heavy atom. The highest BCUT2D eigenvalue weighted by Gasteiger charge is 2.30. The van der Waals surface area contributed by atoms with Gasteiger partial charge in [0.25, 0.3) is 5.91 Å². The quantitative estimate of drug-likeness (QED) is 0.140. The first-order chi connectivity index (χ1) is 14.8. The minimum atomic E-state index is -2.15. The molecule has 0 saturated carbocycles. The SMILES string of the molecule is CCCCCCCCOc1ccc(N(C)C(=O)c2c(F)c(F)c(F)c(F)c2C=O)cc1. The Labute approximate surface area is 178 Å². The molecule has 0 saturated heterocycles. The van der Waals surface area contributed by atoms with Crippen LogP contribution in [0.1, 0.15) is 66.2 Å². The van der Waals surface area contributed by atoms with E-state index in [4.69, 9.17) is 4.74 Å². The Kier molecular flexibility index (Phi) is 9.03. The Bertz CT molecular complexity index is 916. The van der Waals surface area contributed by atoms with Crippen molar-refractivity contribution >= 4 is 17.9 Å². The summed E-state index contributed by atoms with van der Waals surface area (Å²) in [5, 5.41) is 0. The third-order valence-corrected chi connectivity index (χ3v) is 4.93. The lowest BCUT2D eigenvalue weighted by Crippen LogP contribution is -2.29. The highest BCUT2D eigenvalue weighted by atomic mass is 19.2. The van der Waals surface area contributed by atoms with Gasteiger partial charge in [0.2, 0.25) is 0 Å². The van der Waals surface area contributed by atoms with Crippen molar-refractivity contribution in [2.75, 3.05) is 18.6 Å². The second-order valence-corrected chi connectivity index (χ2v) is 7.14. The molecular formula is C23H25F4NO3. The van der Waals surface area contributed by atoms with Crippen LogP contribution >= 0.6 is 0 Å². The number of aldehydes is 1. The smallest absolute Gasteiger partial charge is 0.261 e. The molecule has 168 valence electrons. The molecule has 0 aliphatic heterocycles. The highest BCUT2D eigenvalue weighted by molar-refractivity contribution is 6.10. The molecule has 2 rings (SSSR count). The molecule has 2 aromatic carbocycles. The van der Waals surface area contributed by atoms with E-state index in [-0.39, 0.29) is 12.0 Å². The molecule has 0 unspecified atom stereocenters. The van der Waals surface area contributed by atoms with Crippen LogP contribution in [0.25, 0.3) is 0 Å². The first-order valence-electron chi connectivity index (χ1n) is 10.2. The average molecular weight is 439 g/mol. The second-order valence-electron chi connectivity index (χ2n) is 7.14. The molecular weight excluding hydrogens is 414 g/mol. The zero-order chi connectivity index (χ0) is 23.0. The van der Waals surface area contributed by atoms with Crippen LogP contribution in [-0.4, -0.2) is 25.8 Å². The molecule has 0 bridgehead atoms. The van der Waals surface area contributed by atoms with Crippen molar-refractivity contribution in [3.8, 4) is 5.75 Å². The number of unbranched alkanes of at least 4 members (excludes halogenated alkanes) is 5. The first kappa shape index (κ1) is 24.4. The Hall–Kier alpha value is -2.90. The molecule has 0 aromatic heterocycles. The summed E-state index contributed by atoms with van der Waals surface area (Å²) < 4.78 is 60.6. The van der Waals surface area contributed by atoms with Gasteiger partial charge in [-0.15, -0.1) is 0 Å². The molecule has 0 radical (unpaired) electrons. The normalized spacial score (nSPS) is 10.8. The van der Waals surface area contributed by atoms with Crippen LogP contribution in [0.2, 0.25) is 0 Å². The van der Waals surface area contributed by atoms with Gasteiger partial charge in [-0.2, -0.15) is 0 Å². The summed E-state index contributed by atoms with van der Waals surface area (Å²) in [5.74, 6) is -8.76. The molecule has 8 heteroatoms. The van der Waals surface area contributed by atoms with Gasteiger partial charge in [-0.05, 0) is 30.7 Å². The summed E-state index contributed by atoms with van der Waals surface area (Å²) >= 11 is 0. The molecule has 2 aromatic rings. The van der Waals surface area contributed by atoms with Gasteiger partial charge in [0.1, 0.15) is 5.75 Å². The fourth-order valence-electron chi connectivity index (χ4n) is 3.09. The van der Waals surface area contributed by atoms with Crippen LogP contribution in [0.3, 0.4) is 0 Å². The Morgan fingerprint density at radius 1 is 0.903 bits per heavy atom. The van der Waals surface area contributed by atoms with Crippen molar-refractivity contribution in [2.45, 2.75) is 45.4 Å². The number of halogens is 4. The van der Waals surface area contributed by atoms with Crippen LogP contribution in [0.4, 0.5) is 23.2 Å². The van der Waals surface area contributed by atoms with E-state index < -0.39 is 40.3 Å². The molecule has 0 aliphatic carbocycles. The maximum absolute atomic E-state index is 14.1. The predicted molar refractivity (Wildman–Crippen MR) is 110 cm³/mol. The third kappa shape index (κ3) is 5.83. The lowest BCUT2D eigenvalue weighted by molar-refractivity contribution is 0.0978. The summed E-state index contributed by atoms with van der Waals surface area (Å²) in [5.41, 5.74) is -2.08. The van der Waals surface area contributed by atoms with E-state index in [1.54, 1.807) is 12.1 Å². The average Bonchev–Trinajstić information content (AvgIpc) is 2.78. The molecule has 0 aliphatic rings. The van der Waals surface area contributed by atoms with E-state index in [1.165, 1.54) is 38.4 Å². The standard InChI is InChI=1S/C23H25F4NO3/c1-3-4-5-6-7-8-13-31-16-11-9-15(10-12-16)28(2)23(30)18-17(14-29)19(24)21(26)22(27)20(18)25/h9-12,14H,3-8,13H2,1-2H3. The maximum Gasteiger partial charge on any atom is 0.261 e. The van der Waals surface area contributed by atoms with E-state index in [2.05, 4.69) is 6.92 Å². The van der Waals surface area contributed by atoms with E-state index in [9.17, 15) is 27.2 Å². The van der Waals surface area contributed by atoms with E-state index in [0.717, 1.165) is 24.2 Å². The van der Waals surface area contributed by atoms with E-state index >= 15 is 0 Å². The molecule has 0 heterocycles. The van der Waals surface area contributed by atoms with Crippen LogP contribution in [0.5, 0.6) is 5.75 Å². The summed E-state index contributed by atoms with van der Waals surface area (Å²) in [6.45, 7) is 2.70. The lowest BCUT2D eigenvalue weighted by atomic mass is 10.0. The highest BCUT2D eigenvalue weighted by Crippen LogP contribution is 2.27. The molecule has 0 atom stereocenters. The van der Waals surface area contributed by atoms with E-state index in [0.29, 0.717) is 12.4 Å². The number of nitrogens with zero attached hydrogens (tertiary/aromatic N) is 1. The molecule has 4 nitrogen and oxygen atoms in total. The van der Waals surface area contributed by atoms with Gasteiger partial charge in [0, 0.05) is 12.7 Å². The van der Waals surface area contributed by atoms with Gasteiger partial charge >= 0.3 is 0 Å². The second kappa shape index (κ2) is 11.5. The minimum Gasteiger partial charge on any atom is -0.494 e. The third-order valence-electron chi connectivity index (χ3n) is 4.93. The number of carbonyl (C=O) groups is 2. The summed E-state index contributed by atoms with van der Waals surface area (Å²) in [4.78, 5) is 24.6. The zero-order valence-electron chi connectivity index (χ0n) is 17.5. The number of anilines is 1. The fourth-order valence-corrected chi connectivity index (χ4v) is 3.09. The number of hydrogen-bond acceptors (Lipinski definition) is 3. The molecule has 1 amide bonds. The van der Waals surface area contributed by atoms with Gasteiger partial charge in [-0.3, -0.25) is 9.59 Å². The Morgan fingerprint density at radius 3 is 2.10 bits per heavy atom. The van der Waals surface area contributed by atoms with Crippen LogP contribution in [0, 0.1) is 23.3 Å². The van der Waals surface area contributed by atoms with Crippen molar-refractivity contribution in [1.82, 2.24) is 0 Å². The number of rotatable bonds is 11. The summed E-state index contributed by atoms with van der Waals surface area (Å²) in [6, 6.07) is 6.20. The van der Waals surface area contributed by atoms with Crippen LogP contribution < -0.4 is 9.64 Å². The first-order valence-corrected chi connectivity index (χ1v) is 10.2. The van der Waals surface area contributed by atoms with Crippen molar-refractivity contribution < 1.29 is 31.9 Å². The molecule has 0 fully saturated rings. The van der Waals surface area contributed by atoms with Gasteiger partial charge in [-0.25, -0.2) is 17.6 Å². The van der Waals surface area contributed by atoms with Crippen LogP contribution in [-0.2, 0) is 0 Å². The largest absolute Gasteiger partial charge is 0.494 e. The van der Waals surface area contributed by atoms with E-state index in [1.807, 2.05) is 0 Å². The number of benzene rings is 2. The van der Waals surface area contributed by atoms with Gasteiger partial charge < -0.3 is 9.64 Å². The minimum absolute atomic E-state index is 0.221. The van der Waals surface area contributed by atoms with Crippen molar-refractivity contribution in [1.29, 1.82) is 0 Å². The van der Waals surface area contributed by atoms with Crippen molar-refractivity contribution in [3.05, 3.63) is 58.7 Å². The summed E-state index contributed by atoms with van der Waals surface area (Å²) in [6.07, 6.45) is 6.55. The number of amides is 1. The number of ether oxygens (including phenoxy) is 1. The molecule has 0 N–H and O–H groups in total. The monoisotopic (exact) mass is 439 g/mol. The number of carbonyl (C=O) groups excluding carboxylic acids is 2. The molecule has 31 heavy (non-hydrogen) atoms. The summed E-state index contributed by atoms with van der Waals surface area (Å²) in [7, 11) is 1.24.